The van der Waals surface area contributed by atoms with Gasteiger partial charge in [-0.05, 0) is 45.8 Å². The van der Waals surface area contributed by atoms with Crippen LogP contribution in [0.15, 0.2) is 23.6 Å². The van der Waals surface area contributed by atoms with Gasteiger partial charge in [0.25, 0.3) is 6.43 Å². The number of dihydropyridines is 1. The third-order valence-electron chi connectivity index (χ3n) is 3.47. The van der Waals surface area contributed by atoms with Crippen LogP contribution in [0, 0.1) is 0 Å². The van der Waals surface area contributed by atoms with E-state index in [-0.39, 0.29) is 0 Å². The third kappa shape index (κ3) is 8.91. The number of hydrogen-bond acceptors (Lipinski definition) is 4. The van der Waals surface area contributed by atoms with Crippen molar-refractivity contribution < 1.29 is 23.7 Å². The Bertz CT molecular complexity index is 368. The summed E-state index contributed by atoms with van der Waals surface area (Å²) in [6, 6.07) is -0.881. The van der Waals surface area contributed by atoms with E-state index >= 15 is 0 Å². The van der Waals surface area contributed by atoms with Crippen LogP contribution >= 0.6 is 0 Å². The van der Waals surface area contributed by atoms with Crippen molar-refractivity contribution in [1.82, 2.24) is 5.32 Å². The normalized spacial score (nSPS) is 17.7. The van der Waals surface area contributed by atoms with Crippen molar-refractivity contribution in [3.8, 4) is 0 Å². The highest BCUT2D eigenvalue weighted by Gasteiger charge is 2.31. The smallest absolute Gasteiger partial charge is 0.261 e. The summed E-state index contributed by atoms with van der Waals surface area (Å²) in [5, 5.41) is 20.8. The monoisotopic (exact) mass is 337 g/mol. The van der Waals surface area contributed by atoms with E-state index in [0.29, 0.717) is 12.2 Å². The van der Waals surface area contributed by atoms with Crippen LogP contribution in [-0.2, 0) is 4.74 Å². The highest BCUT2D eigenvalue weighted by molar-refractivity contribution is 5.30. The lowest BCUT2D eigenvalue weighted by Gasteiger charge is -2.31. The van der Waals surface area contributed by atoms with E-state index in [9.17, 15) is 8.78 Å². The number of ether oxygens (including phenoxy) is 1. The quantitative estimate of drug-likeness (QED) is 0.733. The first-order chi connectivity index (χ1) is 10.4. The number of alkyl halides is 2. The van der Waals surface area contributed by atoms with E-state index in [4.69, 9.17) is 14.9 Å². The maximum atomic E-state index is 12.3. The lowest BCUT2D eigenvalue weighted by Crippen LogP contribution is -2.44. The zero-order valence-electron chi connectivity index (χ0n) is 15.6. The van der Waals surface area contributed by atoms with Crippen LogP contribution in [0.5, 0.6) is 0 Å². The van der Waals surface area contributed by atoms with Gasteiger partial charge in [0.05, 0.1) is 18.3 Å². The minimum atomic E-state index is -2.38. The van der Waals surface area contributed by atoms with Gasteiger partial charge in [0, 0.05) is 6.20 Å². The largest absolute Gasteiger partial charge is 0.495 e. The van der Waals surface area contributed by atoms with Gasteiger partial charge in [-0.15, -0.1) is 0 Å². The minimum absolute atomic E-state index is 0.638. The van der Waals surface area contributed by atoms with Gasteiger partial charge in [-0.2, -0.15) is 0 Å². The molecule has 0 aromatic carbocycles. The fourth-order valence-electron chi connectivity index (χ4n) is 1.24. The van der Waals surface area contributed by atoms with Crippen molar-refractivity contribution in [3.05, 3.63) is 23.6 Å². The van der Waals surface area contributed by atoms with Crippen molar-refractivity contribution in [2.45, 2.75) is 78.6 Å². The summed E-state index contributed by atoms with van der Waals surface area (Å²) in [4.78, 5) is 0. The summed E-state index contributed by atoms with van der Waals surface area (Å²) in [6.45, 7) is 12.2. The Morgan fingerprint density at radius 1 is 1.17 bits per heavy atom. The van der Waals surface area contributed by atoms with E-state index in [1.807, 2.05) is 20.8 Å². The van der Waals surface area contributed by atoms with Crippen LogP contribution in [-0.4, -0.2) is 41.0 Å². The van der Waals surface area contributed by atoms with Crippen LogP contribution in [0.4, 0.5) is 8.78 Å². The molecular formula is C17H33F2NO3. The maximum Gasteiger partial charge on any atom is 0.261 e. The second-order valence-corrected chi connectivity index (χ2v) is 5.90. The van der Waals surface area contributed by atoms with Gasteiger partial charge in [-0.3, -0.25) is 0 Å². The van der Waals surface area contributed by atoms with Crippen LogP contribution in [0.3, 0.4) is 0 Å². The fraction of sp³-hybridized carbons (Fsp3) is 0.765. The zero-order valence-corrected chi connectivity index (χ0v) is 15.6. The lowest BCUT2D eigenvalue weighted by molar-refractivity contribution is -0.107. The summed E-state index contributed by atoms with van der Waals surface area (Å²) in [5.41, 5.74) is -1.19. The molecule has 0 radical (unpaired) electrons. The van der Waals surface area contributed by atoms with Crippen molar-refractivity contribution in [2.75, 3.05) is 7.11 Å². The van der Waals surface area contributed by atoms with E-state index in [2.05, 4.69) is 5.32 Å². The molecule has 0 bridgehead atoms. The molecule has 0 aliphatic carbocycles. The molecule has 0 saturated heterocycles. The first-order valence-corrected chi connectivity index (χ1v) is 7.88. The van der Waals surface area contributed by atoms with Gasteiger partial charge in [0.2, 0.25) is 0 Å². The molecule has 0 aromatic heterocycles. The molecule has 138 valence electrons. The van der Waals surface area contributed by atoms with E-state index in [0.717, 1.165) is 5.57 Å². The second kappa shape index (κ2) is 10.6. The first-order valence-electron chi connectivity index (χ1n) is 7.88. The Labute approximate surface area is 139 Å². The summed E-state index contributed by atoms with van der Waals surface area (Å²) in [5.74, 6) is 0.638. The van der Waals surface area contributed by atoms with Crippen LogP contribution in [0.2, 0.25) is 0 Å². The minimum Gasteiger partial charge on any atom is -0.495 e. The molecule has 23 heavy (non-hydrogen) atoms. The van der Waals surface area contributed by atoms with Gasteiger partial charge in [0.1, 0.15) is 11.8 Å². The highest BCUT2D eigenvalue weighted by Crippen LogP contribution is 2.20. The van der Waals surface area contributed by atoms with Crippen molar-refractivity contribution >= 4 is 0 Å². The molecular weight excluding hydrogens is 304 g/mol. The van der Waals surface area contributed by atoms with Crippen LogP contribution < -0.4 is 5.32 Å². The molecule has 1 aliphatic rings. The number of rotatable bonds is 4. The standard InChI is InChI=1S/C9H13F2NO.C6H14O2.C2H6/c1-3-6-4-7(9(10)11)12-5-8(6)13-2;1-5(2,7)6(3,4)8;1-2/h4-5,7,9,12H,3H2,1-2H3;7-8H,1-4H3;1-2H3. The first kappa shape index (κ1) is 24.1. The summed E-state index contributed by atoms with van der Waals surface area (Å²) in [6.07, 6.45) is 1.33. The van der Waals surface area contributed by atoms with Crippen molar-refractivity contribution in [2.24, 2.45) is 0 Å². The van der Waals surface area contributed by atoms with Gasteiger partial charge < -0.3 is 20.3 Å². The Kier molecular flexibility index (Phi) is 11.1. The Morgan fingerprint density at radius 2 is 1.61 bits per heavy atom. The topological polar surface area (TPSA) is 61.7 Å². The van der Waals surface area contributed by atoms with Gasteiger partial charge in [-0.25, -0.2) is 8.78 Å². The molecule has 0 amide bonds. The molecule has 0 fully saturated rings. The maximum absolute atomic E-state index is 12.3. The van der Waals surface area contributed by atoms with Crippen molar-refractivity contribution in [3.63, 3.8) is 0 Å². The molecule has 3 N–H and O–H groups in total. The van der Waals surface area contributed by atoms with E-state index in [1.54, 1.807) is 27.7 Å². The Hall–Kier alpha value is -1.14. The molecule has 6 heteroatoms. The molecule has 0 aromatic rings. The van der Waals surface area contributed by atoms with Crippen LogP contribution in [0.1, 0.15) is 54.9 Å². The van der Waals surface area contributed by atoms with Gasteiger partial charge in [-0.1, -0.05) is 20.8 Å². The molecule has 4 nitrogen and oxygen atoms in total. The Morgan fingerprint density at radius 3 is 1.87 bits per heavy atom. The number of halogens is 2. The number of allylic oxidation sites excluding steroid dienone is 1. The molecule has 0 spiro atoms. The SMILES string of the molecule is CC.CC(C)(O)C(C)(C)O.CCC1=CC(C(F)F)NC=C1OC. The highest BCUT2D eigenvalue weighted by atomic mass is 19.3. The number of aliphatic hydroxyl groups is 2. The summed E-state index contributed by atoms with van der Waals surface area (Å²) >= 11 is 0. The molecule has 0 saturated carbocycles. The molecule has 1 heterocycles. The van der Waals surface area contributed by atoms with E-state index in [1.165, 1.54) is 19.4 Å². The van der Waals surface area contributed by atoms with Crippen LogP contribution in [0.25, 0.3) is 0 Å². The second-order valence-electron chi connectivity index (χ2n) is 5.90. The number of methoxy groups -OCH3 is 1. The summed E-state index contributed by atoms with van der Waals surface area (Å²) < 4.78 is 29.6. The lowest BCUT2D eigenvalue weighted by atomic mass is 9.90. The molecule has 1 atom stereocenters. The average molecular weight is 337 g/mol. The average Bonchev–Trinajstić information content (AvgIpc) is 2.47. The fourth-order valence-corrected chi connectivity index (χ4v) is 1.24. The molecule has 1 aliphatic heterocycles. The number of nitrogens with one attached hydrogen (secondary N) is 1. The molecule has 1 unspecified atom stereocenters. The van der Waals surface area contributed by atoms with Gasteiger partial charge >= 0.3 is 0 Å². The molecule has 1 rings (SSSR count). The summed E-state index contributed by atoms with van der Waals surface area (Å²) in [7, 11) is 1.53. The van der Waals surface area contributed by atoms with Crippen molar-refractivity contribution in [1.29, 1.82) is 0 Å². The zero-order chi connectivity index (χ0) is 18.8. The van der Waals surface area contributed by atoms with Gasteiger partial charge in [0.15, 0.2) is 0 Å². The number of hydrogen-bond donors (Lipinski definition) is 3. The predicted molar refractivity (Wildman–Crippen MR) is 90.3 cm³/mol. The Balaban J connectivity index is 0. The van der Waals surface area contributed by atoms with E-state index < -0.39 is 23.7 Å². The predicted octanol–water partition coefficient (Wildman–Crippen LogP) is 3.60. The third-order valence-corrected chi connectivity index (χ3v) is 3.47.